The first-order valence-electron chi connectivity index (χ1n) is 6.34. The van der Waals surface area contributed by atoms with Gasteiger partial charge in [-0.1, -0.05) is 19.3 Å². The molecule has 18 heavy (non-hydrogen) atoms. The molecule has 2 rings (SSSR count). The van der Waals surface area contributed by atoms with E-state index < -0.39 is 10.0 Å². The van der Waals surface area contributed by atoms with E-state index in [4.69, 9.17) is 0 Å². The number of hydrogen-bond acceptors (Lipinski definition) is 4. The number of sulfonamides is 1. The smallest absolute Gasteiger partial charge is 0.241 e. The first-order valence-corrected chi connectivity index (χ1v) is 8.70. The molecule has 0 aliphatic heterocycles. The van der Waals surface area contributed by atoms with Gasteiger partial charge in [0, 0.05) is 18.0 Å². The molecule has 0 unspecified atom stereocenters. The number of nitrogens with one attached hydrogen (secondary N) is 2. The van der Waals surface area contributed by atoms with E-state index in [-0.39, 0.29) is 0 Å². The highest BCUT2D eigenvalue weighted by Gasteiger charge is 2.21. The van der Waals surface area contributed by atoms with Crippen LogP contribution < -0.4 is 10.0 Å². The van der Waals surface area contributed by atoms with Crippen molar-refractivity contribution in [1.29, 1.82) is 0 Å². The summed E-state index contributed by atoms with van der Waals surface area (Å²) in [6.45, 7) is 1.15. The van der Waals surface area contributed by atoms with E-state index in [1.165, 1.54) is 30.6 Å². The Bertz CT molecular complexity index is 478. The third kappa shape index (κ3) is 3.32. The first kappa shape index (κ1) is 14.0. The lowest BCUT2D eigenvalue weighted by Gasteiger charge is -2.25. The molecule has 6 heteroatoms. The molecule has 0 atom stereocenters. The van der Waals surface area contributed by atoms with Crippen molar-refractivity contribution in [2.24, 2.45) is 5.92 Å². The maximum absolute atomic E-state index is 12.1. The van der Waals surface area contributed by atoms with Crippen LogP contribution in [-0.4, -0.2) is 22.0 Å². The van der Waals surface area contributed by atoms with E-state index in [0.29, 0.717) is 18.0 Å². The van der Waals surface area contributed by atoms with E-state index in [2.05, 4.69) is 10.0 Å². The van der Waals surface area contributed by atoms with Gasteiger partial charge in [0.05, 0.1) is 4.90 Å². The van der Waals surface area contributed by atoms with Gasteiger partial charge >= 0.3 is 0 Å². The molecule has 4 nitrogen and oxygen atoms in total. The minimum absolute atomic E-state index is 0.426. The van der Waals surface area contributed by atoms with Crippen LogP contribution in [0.15, 0.2) is 16.3 Å². The zero-order valence-electron chi connectivity index (χ0n) is 10.6. The number of rotatable bonds is 7. The number of thiophene rings is 1. The summed E-state index contributed by atoms with van der Waals surface area (Å²) < 4.78 is 27.0. The van der Waals surface area contributed by atoms with E-state index in [9.17, 15) is 8.42 Å². The van der Waals surface area contributed by atoms with Gasteiger partial charge in [0.25, 0.3) is 0 Å². The van der Waals surface area contributed by atoms with Crippen LogP contribution in [0.5, 0.6) is 0 Å². The molecule has 0 spiro atoms. The summed E-state index contributed by atoms with van der Waals surface area (Å²) in [5.41, 5.74) is 0. The summed E-state index contributed by atoms with van der Waals surface area (Å²) in [5, 5.41) is 4.82. The van der Waals surface area contributed by atoms with Crippen LogP contribution in [-0.2, 0) is 16.6 Å². The molecule has 1 aliphatic rings. The van der Waals surface area contributed by atoms with Crippen LogP contribution in [0, 0.1) is 5.92 Å². The Labute approximate surface area is 113 Å². The van der Waals surface area contributed by atoms with Crippen molar-refractivity contribution in [3.63, 3.8) is 0 Å². The van der Waals surface area contributed by atoms with Gasteiger partial charge in [0.2, 0.25) is 10.0 Å². The van der Waals surface area contributed by atoms with Crippen LogP contribution in [0.2, 0.25) is 0 Å². The van der Waals surface area contributed by atoms with Crippen LogP contribution >= 0.6 is 11.3 Å². The quantitative estimate of drug-likeness (QED) is 0.806. The zero-order valence-corrected chi connectivity index (χ0v) is 12.2. The van der Waals surface area contributed by atoms with Gasteiger partial charge in [-0.15, -0.1) is 11.3 Å². The van der Waals surface area contributed by atoms with Gasteiger partial charge in [-0.2, -0.15) is 0 Å². The third-order valence-electron chi connectivity index (χ3n) is 3.40. The lowest BCUT2D eigenvalue weighted by molar-refractivity contribution is 0.297. The van der Waals surface area contributed by atoms with Crippen LogP contribution in [0.1, 0.15) is 30.6 Å². The normalized spacial score (nSPS) is 16.7. The zero-order chi connectivity index (χ0) is 13.0. The van der Waals surface area contributed by atoms with Crippen LogP contribution in [0.25, 0.3) is 0 Å². The predicted octanol–water partition coefficient (Wildman–Crippen LogP) is 1.94. The number of hydrogen-bond donors (Lipinski definition) is 2. The second-order valence-electron chi connectivity index (χ2n) is 4.72. The van der Waals surface area contributed by atoms with Crippen molar-refractivity contribution < 1.29 is 8.42 Å². The van der Waals surface area contributed by atoms with Crippen LogP contribution in [0.3, 0.4) is 0 Å². The molecule has 1 aromatic rings. The van der Waals surface area contributed by atoms with Gasteiger partial charge in [0.15, 0.2) is 0 Å². The largest absolute Gasteiger partial charge is 0.315 e. The monoisotopic (exact) mass is 288 g/mol. The van der Waals surface area contributed by atoms with Gasteiger partial charge in [-0.25, -0.2) is 13.1 Å². The summed E-state index contributed by atoms with van der Waals surface area (Å²) in [6.07, 6.45) is 4.77. The Morgan fingerprint density at radius 3 is 2.83 bits per heavy atom. The van der Waals surface area contributed by atoms with E-state index >= 15 is 0 Å². The molecule has 1 fully saturated rings. The molecule has 0 radical (unpaired) electrons. The highest BCUT2D eigenvalue weighted by molar-refractivity contribution is 7.89. The SMILES string of the molecule is CNCc1sccc1S(=O)(=O)NCCC1CCC1. The Hall–Kier alpha value is -0.430. The Balaban J connectivity index is 1.93. The lowest BCUT2D eigenvalue weighted by atomic mass is 9.83. The molecule has 2 N–H and O–H groups in total. The minimum atomic E-state index is -3.33. The predicted molar refractivity (Wildman–Crippen MR) is 74.2 cm³/mol. The highest BCUT2D eigenvalue weighted by Crippen LogP contribution is 2.29. The highest BCUT2D eigenvalue weighted by atomic mass is 32.2. The summed E-state index contributed by atoms with van der Waals surface area (Å²) >= 11 is 1.47. The first-order chi connectivity index (χ1) is 8.63. The van der Waals surface area contributed by atoms with Crippen molar-refractivity contribution >= 4 is 21.4 Å². The molecule has 0 saturated heterocycles. The average Bonchev–Trinajstić information content (AvgIpc) is 2.71. The third-order valence-corrected chi connectivity index (χ3v) is 6.00. The molecule has 1 heterocycles. The van der Waals surface area contributed by atoms with Crippen molar-refractivity contribution in [2.45, 2.75) is 37.1 Å². The summed E-state index contributed by atoms with van der Waals surface area (Å²) in [5.74, 6) is 0.729. The molecule has 0 amide bonds. The molecule has 1 saturated carbocycles. The second-order valence-corrected chi connectivity index (χ2v) is 7.46. The van der Waals surface area contributed by atoms with Crippen molar-refractivity contribution in [3.05, 3.63) is 16.3 Å². The second kappa shape index (κ2) is 6.14. The summed E-state index contributed by atoms with van der Waals surface area (Å²) in [6, 6.07) is 1.68. The van der Waals surface area contributed by atoms with Gasteiger partial charge in [-0.05, 0) is 30.8 Å². The molecule has 1 aromatic heterocycles. The Kier molecular flexibility index (Phi) is 4.77. The molecular weight excluding hydrogens is 268 g/mol. The van der Waals surface area contributed by atoms with Gasteiger partial charge in [0.1, 0.15) is 0 Å². The maximum atomic E-state index is 12.1. The summed E-state index contributed by atoms with van der Waals surface area (Å²) in [4.78, 5) is 1.30. The topological polar surface area (TPSA) is 58.2 Å². The van der Waals surface area contributed by atoms with Gasteiger partial charge in [-0.3, -0.25) is 0 Å². The van der Waals surface area contributed by atoms with Gasteiger partial charge < -0.3 is 5.32 Å². The summed E-state index contributed by atoms with van der Waals surface area (Å²) in [7, 11) is -1.51. The molecule has 1 aliphatic carbocycles. The molecule has 0 bridgehead atoms. The fourth-order valence-electron chi connectivity index (χ4n) is 2.11. The standard InChI is InChI=1S/C12H20N2O2S2/c1-13-9-11-12(6-8-17-11)18(15,16)14-7-5-10-3-2-4-10/h6,8,10,13-14H,2-5,7,9H2,1H3. The van der Waals surface area contributed by atoms with Crippen molar-refractivity contribution in [3.8, 4) is 0 Å². The van der Waals surface area contributed by atoms with E-state index in [1.807, 2.05) is 12.4 Å². The molecule has 102 valence electrons. The van der Waals surface area contributed by atoms with E-state index in [0.717, 1.165) is 17.2 Å². The maximum Gasteiger partial charge on any atom is 0.241 e. The van der Waals surface area contributed by atoms with Crippen LogP contribution in [0.4, 0.5) is 0 Å². The minimum Gasteiger partial charge on any atom is -0.315 e. The Morgan fingerprint density at radius 1 is 1.44 bits per heavy atom. The van der Waals surface area contributed by atoms with Crippen molar-refractivity contribution in [2.75, 3.05) is 13.6 Å². The Morgan fingerprint density at radius 2 is 2.22 bits per heavy atom. The van der Waals surface area contributed by atoms with E-state index in [1.54, 1.807) is 6.07 Å². The fraction of sp³-hybridized carbons (Fsp3) is 0.667. The molecular formula is C12H20N2O2S2. The fourth-order valence-corrected chi connectivity index (χ4v) is 4.62. The molecule has 0 aromatic carbocycles. The lowest BCUT2D eigenvalue weighted by Crippen LogP contribution is -2.28. The van der Waals surface area contributed by atoms with Crippen molar-refractivity contribution in [1.82, 2.24) is 10.0 Å². The average molecular weight is 288 g/mol.